The van der Waals surface area contributed by atoms with Gasteiger partial charge >= 0.3 is 0 Å². The number of amides is 1. The number of nitrogens with one attached hydrogen (secondary N) is 1. The van der Waals surface area contributed by atoms with Gasteiger partial charge in [-0.2, -0.15) is 0 Å². The lowest BCUT2D eigenvalue weighted by atomic mass is 10.2. The van der Waals surface area contributed by atoms with E-state index in [1.165, 1.54) is 5.56 Å². The first-order valence-electron chi connectivity index (χ1n) is 6.68. The number of aryl methyl sites for hydroxylation is 1. The average molecular weight is 249 g/mol. The molecule has 0 fully saturated rings. The second kappa shape index (κ2) is 8.56. The number of carbonyl (C=O) groups is 1. The van der Waals surface area contributed by atoms with Crippen LogP contribution in [-0.2, 0) is 4.79 Å². The van der Waals surface area contributed by atoms with E-state index in [-0.39, 0.29) is 5.91 Å². The third-order valence-electron chi connectivity index (χ3n) is 2.72. The van der Waals surface area contributed by atoms with Crippen LogP contribution in [0.1, 0.15) is 38.2 Å². The Morgan fingerprint density at radius 1 is 1.22 bits per heavy atom. The van der Waals surface area contributed by atoms with Crippen LogP contribution in [0, 0.1) is 6.92 Å². The summed E-state index contributed by atoms with van der Waals surface area (Å²) in [5.41, 5.74) is 1.21. The molecule has 3 nitrogen and oxygen atoms in total. The van der Waals surface area contributed by atoms with Crippen molar-refractivity contribution in [1.82, 2.24) is 5.32 Å². The highest BCUT2D eigenvalue weighted by atomic mass is 16.5. The number of rotatable bonds is 8. The fourth-order valence-electron chi connectivity index (χ4n) is 1.62. The Labute approximate surface area is 110 Å². The van der Waals surface area contributed by atoms with Crippen LogP contribution in [0.15, 0.2) is 24.3 Å². The molecule has 0 saturated carbocycles. The van der Waals surface area contributed by atoms with Gasteiger partial charge in [0, 0.05) is 6.42 Å². The van der Waals surface area contributed by atoms with Gasteiger partial charge in [-0.3, -0.25) is 4.79 Å². The van der Waals surface area contributed by atoms with E-state index in [1.54, 1.807) is 0 Å². The molecule has 1 amide bonds. The zero-order valence-electron chi connectivity index (χ0n) is 11.4. The quantitative estimate of drug-likeness (QED) is 0.719. The van der Waals surface area contributed by atoms with Crippen molar-refractivity contribution in [1.29, 1.82) is 0 Å². The van der Waals surface area contributed by atoms with E-state index in [9.17, 15) is 4.79 Å². The zero-order valence-corrected chi connectivity index (χ0v) is 11.4. The van der Waals surface area contributed by atoms with Gasteiger partial charge in [-0.25, -0.2) is 0 Å². The number of benzene rings is 1. The molecule has 1 aromatic carbocycles. The van der Waals surface area contributed by atoms with Gasteiger partial charge in [0.2, 0.25) is 5.91 Å². The minimum Gasteiger partial charge on any atom is -0.492 e. The standard InChI is InChI=1S/C15H23NO2/c1-3-4-5-6-15(17)16-11-12-18-14-9-7-13(2)8-10-14/h7-10H,3-6,11-12H2,1-2H3,(H,16,17). The molecule has 18 heavy (non-hydrogen) atoms. The molecule has 0 aliphatic carbocycles. The predicted octanol–water partition coefficient (Wildman–Crippen LogP) is 3.07. The second-order valence-corrected chi connectivity index (χ2v) is 4.47. The minimum atomic E-state index is 0.121. The van der Waals surface area contributed by atoms with Crippen LogP contribution in [0.5, 0.6) is 5.75 Å². The van der Waals surface area contributed by atoms with E-state index in [4.69, 9.17) is 4.74 Å². The smallest absolute Gasteiger partial charge is 0.220 e. The summed E-state index contributed by atoms with van der Waals surface area (Å²) >= 11 is 0. The first kappa shape index (κ1) is 14.6. The molecule has 0 atom stereocenters. The van der Waals surface area contributed by atoms with Gasteiger partial charge in [-0.15, -0.1) is 0 Å². The fraction of sp³-hybridized carbons (Fsp3) is 0.533. The highest BCUT2D eigenvalue weighted by Crippen LogP contribution is 2.10. The summed E-state index contributed by atoms with van der Waals surface area (Å²) < 4.78 is 5.52. The Morgan fingerprint density at radius 3 is 2.61 bits per heavy atom. The number of hydrogen-bond acceptors (Lipinski definition) is 2. The van der Waals surface area contributed by atoms with Gasteiger partial charge in [-0.1, -0.05) is 37.5 Å². The average Bonchev–Trinajstić information content (AvgIpc) is 2.37. The summed E-state index contributed by atoms with van der Waals surface area (Å²) in [7, 11) is 0. The lowest BCUT2D eigenvalue weighted by molar-refractivity contribution is -0.121. The molecular formula is C15H23NO2. The van der Waals surface area contributed by atoms with Crippen LogP contribution in [0.2, 0.25) is 0 Å². The maximum absolute atomic E-state index is 11.4. The van der Waals surface area contributed by atoms with Crippen LogP contribution in [0.3, 0.4) is 0 Å². The molecule has 0 aliphatic heterocycles. The summed E-state index contributed by atoms with van der Waals surface area (Å²) in [6.07, 6.45) is 3.86. The van der Waals surface area contributed by atoms with Crippen molar-refractivity contribution in [3.05, 3.63) is 29.8 Å². The van der Waals surface area contributed by atoms with Crippen LogP contribution in [-0.4, -0.2) is 19.1 Å². The summed E-state index contributed by atoms with van der Waals surface area (Å²) in [6.45, 7) is 5.26. The highest BCUT2D eigenvalue weighted by Gasteiger charge is 2.00. The Bertz CT molecular complexity index is 346. The fourth-order valence-corrected chi connectivity index (χ4v) is 1.62. The maximum Gasteiger partial charge on any atom is 0.220 e. The molecule has 1 N–H and O–H groups in total. The molecule has 0 spiro atoms. The van der Waals surface area contributed by atoms with Crippen LogP contribution >= 0.6 is 0 Å². The third kappa shape index (κ3) is 6.28. The van der Waals surface area contributed by atoms with E-state index in [0.29, 0.717) is 19.6 Å². The maximum atomic E-state index is 11.4. The van der Waals surface area contributed by atoms with Gasteiger partial charge in [-0.05, 0) is 25.5 Å². The molecule has 0 unspecified atom stereocenters. The molecule has 0 bridgehead atoms. The molecule has 1 rings (SSSR count). The molecular weight excluding hydrogens is 226 g/mol. The minimum absolute atomic E-state index is 0.121. The van der Waals surface area contributed by atoms with E-state index >= 15 is 0 Å². The summed E-state index contributed by atoms with van der Waals surface area (Å²) in [5.74, 6) is 0.969. The summed E-state index contributed by atoms with van der Waals surface area (Å²) in [5, 5.41) is 2.86. The Kier molecular flexibility index (Phi) is 6.92. The zero-order chi connectivity index (χ0) is 13.2. The van der Waals surface area contributed by atoms with E-state index in [0.717, 1.165) is 25.0 Å². The molecule has 0 heterocycles. The Hall–Kier alpha value is -1.51. The lowest BCUT2D eigenvalue weighted by Crippen LogP contribution is -2.27. The number of unbranched alkanes of at least 4 members (excludes halogenated alkanes) is 2. The second-order valence-electron chi connectivity index (χ2n) is 4.47. The predicted molar refractivity (Wildman–Crippen MR) is 73.8 cm³/mol. The summed E-state index contributed by atoms with van der Waals surface area (Å²) in [6, 6.07) is 7.91. The number of ether oxygens (including phenoxy) is 1. The van der Waals surface area contributed by atoms with Gasteiger partial charge in [0.25, 0.3) is 0 Å². The first-order chi connectivity index (χ1) is 8.72. The van der Waals surface area contributed by atoms with E-state index in [1.807, 2.05) is 31.2 Å². The molecule has 0 radical (unpaired) electrons. The van der Waals surface area contributed by atoms with Gasteiger partial charge in [0.1, 0.15) is 12.4 Å². The van der Waals surface area contributed by atoms with E-state index in [2.05, 4.69) is 12.2 Å². The molecule has 100 valence electrons. The van der Waals surface area contributed by atoms with Crippen LogP contribution in [0.25, 0.3) is 0 Å². The van der Waals surface area contributed by atoms with Crippen LogP contribution in [0.4, 0.5) is 0 Å². The highest BCUT2D eigenvalue weighted by molar-refractivity contribution is 5.75. The van der Waals surface area contributed by atoms with Gasteiger partial charge in [0.05, 0.1) is 6.54 Å². The van der Waals surface area contributed by atoms with Gasteiger partial charge < -0.3 is 10.1 Å². The van der Waals surface area contributed by atoms with Crippen molar-refractivity contribution in [2.75, 3.05) is 13.2 Å². The van der Waals surface area contributed by atoms with E-state index < -0.39 is 0 Å². The van der Waals surface area contributed by atoms with Crippen LogP contribution < -0.4 is 10.1 Å². The number of carbonyl (C=O) groups excluding carboxylic acids is 1. The van der Waals surface area contributed by atoms with Gasteiger partial charge in [0.15, 0.2) is 0 Å². The topological polar surface area (TPSA) is 38.3 Å². The van der Waals surface area contributed by atoms with Crippen molar-refractivity contribution in [3.8, 4) is 5.75 Å². The van der Waals surface area contributed by atoms with Crippen molar-refractivity contribution >= 4 is 5.91 Å². The first-order valence-corrected chi connectivity index (χ1v) is 6.68. The molecule has 0 aromatic heterocycles. The normalized spacial score (nSPS) is 10.1. The number of hydrogen-bond donors (Lipinski definition) is 1. The Balaban J connectivity index is 2.07. The largest absolute Gasteiger partial charge is 0.492 e. The molecule has 0 saturated heterocycles. The summed E-state index contributed by atoms with van der Waals surface area (Å²) in [4.78, 5) is 11.4. The van der Waals surface area contributed by atoms with Crippen molar-refractivity contribution in [2.45, 2.75) is 39.5 Å². The van der Waals surface area contributed by atoms with Crippen molar-refractivity contribution in [3.63, 3.8) is 0 Å². The molecule has 1 aromatic rings. The molecule has 0 aliphatic rings. The molecule has 3 heteroatoms. The Morgan fingerprint density at radius 2 is 1.94 bits per heavy atom. The van der Waals surface area contributed by atoms with Crippen molar-refractivity contribution < 1.29 is 9.53 Å². The monoisotopic (exact) mass is 249 g/mol. The third-order valence-corrected chi connectivity index (χ3v) is 2.72. The SMILES string of the molecule is CCCCCC(=O)NCCOc1ccc(C)cc1. The van der Waals surface area contributed by atoms with Crippen molar-refractivity contribution in [2.24, 2.45) is 0 Å². The lowest BCUT2D eigenvalue weighted by Gasteiger charge is -2.07.